The lowest BCUT2D eigenvalue weighted by molar-refractivity contribution is -0.151. The van der Waals surface area contributed by atoms with Crippen LogP contribution in [0.25, 0.3) is 27.9 Å². The molecule has 0 aliphatic carbocycles. The van der Waals surface area contributed by atoms with E-state index < -0.39 is 42.6 Å². The lowest BCUT2D eigenvalue weighted by Crippen LogP contribution is -2.43. The van der Waals surface area contributed by atoms with Crippen molar-refractivity contribution in [2.45, 2.75) is 44.7 Å². The van der Waals surface area contributed by atoms with E-state index in [4.69, 9.17) is 11.6 Å². The number of aromatic amines is 1. The molecule has 5 rings (SSSR count). The van der Waals surface area contributed by atoms with Crippen LogP contribution in [0.3, 0.4) is 0 Å². The Morgan fingerprint density at radius 3 is 2.33 bits per heavy atom. The average molecular weight is 624 g/mol. The number of aliphatic carboxylic acids is 2. The van der Waals surface area contributed by atoms with Crippen molar-refractivity contribution >= 4 is 57.3 Å². The van der Waals surface area contributed by atoms with Crippen LogP contribution < -0.4 is 0 Å². The molecule has 0 spiro atoms. The van der Waals surface area contributed by atoms with E-state index in [0.29, 0.717) is 17.3 Å². The molecule has 0 saturated heterocycles. The number of nitrogens with zero attached hydrogens (tertiary/aromatic N) is 2. The molecule has 4 aromatic carbocycles. The van der Waals surface area contributed by atoms with Gasteiger partial charge in [0.05, 0.1) is 23.4 Å². The number of hydrogen-bond acceptors (Lipinski definition) is 4. The van der Waals surface area contributed by atoms with Crippen LogP contribution in [0, 0.1) is 5.92 Å². The molecule has 45 heavy (non-hydrogen) atoms. The molecule has 0 fully saturated rings. The molecule has 3 N–H and O–H groups in total. The Bertz CT molecular complexity index is 1820. The van der Waals surface area contributed by atoms with Gasteiger partial charge in [0.15, 0.2) is 0 Å². The number of aromatic nitrogens is 2. The summed E-state index contributed by atoms with van der Waals surface area (Å²) < 4.78 is 0. The Balaban J connectivity index is 1.48. The number of fused-ring (bicyclic) bond motifs is 2. The number of carbonyl (C=O) groups excluding carboxylic acids is 1. The van der Waals surface area contributed by atoms with Crippen molar-refractivity contribution < 1.29 is 24.6 Å². The molecule has 230 valence electrons. The van der Waals surface area contributed by atoms with E-state index >= 15 is 0 Å². The number of benzene rings is 4. The Morgan fingerprint density at radius 1 is 0.911 bits per heavy atom. The van der Waals surface area contributed by atoms with Gasteiger partial charge in [-0.05, 0) is 71.7 Å². The third kappa shape index (κ3) is 7.96. The van der Waals surface area contributed by atoms with Crippen LogP contribution in [0.5, 0.6) is 0 Å². The van der Waals surface area contributed by atoms with Gasteiger partial charge in [0.2, 0.25) is 5.91 Å². The quantitative estimate of drug-likeness (QED) is 0.124. The molecular formula is C36H34ClN3O5. The Kier molecular flexibility index (Phi) is 9.95. The van der Waals surface area contributed by atoms with Crippen molar-refractivity contribution in [2.24, 2.45) is 5.92 Å². The maximum atomic E-state index is 13.9. The van der Waals surface area contributed by atoms with Crippen LogP contribution in [0.1, 0.15) is 49.1 Å². The minimum atomic E-state index is -1.34. The fourth-order valence-electron chi connectivity index (χ4n) is 5.70. The molecule has 3 atom stereocenters. The van der Waals surface area contributed by atoms with Gasteiger partial charge in [0, 0.05) is 29.9 Å². The molecule has 0 aliphatic rings. The molecule has 3 unspecified atom stereocenters. The zero-order valence-electron chi connectivity index (χ0n) is 24.8. The maximum absolute atomic E-state index is 13.9. The topological polar surface area (TPSA) is 124 Å². The Hall–Kier alpha value is -4.95. The van der Waals surface area contributed by atoms with E-state index in [0.717, 1.165) is 32.9 Å². The summed E-state index contributed by atoms with van der Waals surface area (Å²) >= 11 is 6.22. The minimum Gasteiger partial charge on any atom is -0.481 e. The van der Waals surface area contributed by atoms with Gasteiger partial charge >= 0.3 is 11.9 Å². The van der Waals surface area contributed by atoms with Crippen LogP contribution >= 0.6 is 11.6 Å². The van der Waals surface area contributed by atoms with E-state index in [2.05, 4.69) is 9.97 Å². The fourth-order valence-corrected chi connectivity index (χ4v) is 5.82. The molecular weight excluding hydrogens is 590 g/mol. The van der Waals surface area contributed by atoms with Crippen LogP contribution in [0.4, 0.5) is 0 Å². The van der Waals surface area contributed by atoms with Gasteiger partial charge in [0.1, 0.15) is 5.82 Å². The molecule has 5 aromatic rings. The SMILES string of the molecule is CC(C(C/C=C/c1nc2ccccc2[nH]1)c1ccc(Cl)cc1)N(Cc1ccc2ccccc2c1)C(=O)CC(CC(=O)O)C(=O)O. The first kappa shape index (κ1) is 31.5. The minimum absolute atomic E-state index is 0.199. The lowest BCUT2D eigenvalue weighted by Gasteiger charge is -2.36. The monoisotopic (exact) mass is 623 g/mol. The molecule has 0 aliphatic heterocycles. The highest BCUT2D eigenvalue weighted by Crippen LogP contribution is 2.31. The molecule has 1 heterocycles. The molecule has 0 bridgehead atoms. The Morgan fingerprint density at radius 2 is 1.62 bits per heavy atom. The predicted octanol–water partition coefficient (Wildman–Crippen LogP) is 7.54. The third-order valence-electron chi connectivity index (χ3n) is 8.12. The van der Waals surface area contributed by atoms with Crippen LogP contribution in [0.15, 0.2) is 97.1 Å². The van der Waals surface area contributed by atoms with E-state index in [9.17, 15) is 24.6 Å². The summed E-state index contributed by atoms with van der Waals surface area (Å²) in [4.78, 5) is 46.9. The van der Waals surface area contributed by atoms with Crippen LogP contribution in [-0.2, 0) is 20.9 Å². The highest BCUT2D eigenvalue weighted by atomic mass is 35.5. The van der Waals surface area contributed by atoms with Crippen molar-refractivity contribution in [3.05, 3.63) is 119 Å². The number of amides is 1. The van der Waals surface area contributed by atoms with E-state index in [1.54, 1.807) is 4.90 Å². The van der Waals surface area contributed by atoms with Crippen molar-refractivity contribution in [3.8, 4) is 0 Å². The first-order valence-corrected chi connectivity index (χ1v) is 15.1. The van der Waals surface area contributed by atoms with E-state index in [-0.39, 0.29) is 12.5 Å². The number of imidazole rings is 1. The van der Waals surface area contributed by atoms with E-state index in [1.807, 2.05) is 110 Å². The van der Waals surface area contributed by atoms with Crippen LogP contribution in [-0.4, -0.2) is 49.0 Å². The zero-order chi connectivity index (χ0) is 31.9. The molecule has 1 amide bonds. The van der Waals surface area contributed by atoms with Gasteiger partial charge < -0.3 is 20.1 Å². The summed E-state index contributed by atoms with van der Waals surface area (Å²) in [7, 11) is 0. The highest BCUT2D eigenvalue weighted by molar-refractivity contribution is 6.30. The highest BCUT2D eigenvalue weighted by Gasteiger charge is 2.32. The number of allylic oxidation sites excluding steroid dienone is 1. The molecule has 1 aromatic heterocycles. The zero-order valence-corrected chi connectivity index (χ0v) is 25.5. The fraction of sp³-hybridized carbons (Fsp3) is 0.222. The number of para-hydroxylation sites is 2. The third-order valence-corrected chi connectivity index (χ3v) is 8.38. The standard InChI is InChI=1S/C36H34ClN3O5/c1-23(30(26-15-17-29(37)18-16-26)9-6-12-33-38-31-10-4-5-11-32(31)39-33)40(34(41)20-28(36(44)45)21-35(42)43)22-24-13-14-25-7-2-3-8-27(25)19-24/h2-8,10-19,23,28,30H,9,20-22H2,1H3,(H,38,39)(H,42,43)(H,44,45)/b12-6+. The normalized spacial score (nSPS) is 13.6. The van der Waals surface area contributed by atoms with Crippen molar-refractivity contribution in [2.75, 3.05) is 0 Å². The molecule has 0 radical (unpaired) electrons. The van der Waals surface area contributed by atoms with Gasteiger partial charge in [-0.15, -0.1) is 0 Å². The van der Waals surface area contributed by atoms with Gasteiger partial charge in [-0.1, -0.05) is 78.3 Å². The molecule has 8 nitrogen and oxygen atoms in total. The van der Waals surface area contributed by atoms with Gasteiger partial charge in [-0.3, -0.25) is 14.4 Å². The number of hydrogen-bond donors (Lipinski definition) is 3. The van der Waals surface area contributed by atoms with Crippen molar-refractivity contribution in [3.63, 3.8) is 0 Å². The number of carboxylic acids is 2. The van der Waals surface area contributed by atoms with Crippen molar-refractivity contribution in [1.82, 2.24) is 14.9 Å². The second-order valence-electron chi connectivity index (χ2n) is 11.2. The van der Waals surface area contributed by atoms with Gasteiger partial charge in [-0.2, -0.15) is 0 Å². The summed E-state index contributed by atoms with van der Waals surface area (Å²) in [5.74, 6) is -3.84. The van der Waals surface area contributed by atoms with Crippen LogP contribution in [0.2, 0.25) is 5.02 Å². The summed E-state index contributed by atoms with van der Waals surface area (Å²) in [5, 5.41) is 21.7. The lowest BCUT2D eigenvalue weighted by atomic mass is 9.87. The first-order chi connectivity index (χ1) is 21.7. The number of rotatable bonds is 13. The predicted molar refractivity (Wildman–Crippen MR) is 176 cm³/mol. The number of carboxylic acid groups (broad SMARTS) is 2. The second-order valence-corrected chi connectivity index (χ2v) is 11.7. The number of halogens is 1. The second kappa shape index (κ2) is 14.2. The number of H-pyrrole nitrogens is 1. The van der Waals surface area contributed by atoms with E-state index in [1.165, 1.54) is 0 Å². The summed E-state index contributed by atoms with van der Waals surface area (Å²) in [6, 6.07) is 28.8. The molecule has 9 heteroatoms. The average Bonchev–Trinajstić information content (AvgIpc) is 3.44. The number of nitrogens with one attached hydrogen (secondary N) is 1. The summed E-state index contributed by atoms with van der Waals surface area (Å²) in [5.41, 5.74) is 3.63. The smallest absolute Gasteiger partial charge is 0.307 e. The largest absolute Gasteiger partial charge is 0.481 e. The van der Waals surface area contributed by atoms with Gasteiger partial charge in [-0.25, -0.2) is 4.98 Å². The Labute approximate surface area is 266 Å². The first-order valence-electron chi connectivity index (χ1n) is 14.8. The molecule has 0 saturated carbocycles. The number of carbonyl (C=O) groups is 3. The maximum Gasteiger partial charge on any atom is 0.307 e. The summed E-state index contributed by atoms with van der Waals surface area (Å²) in [6.07, 6.45) is 3.40. The summed E-state index contributed by atoms with van der Waals surface area (Å²) in [6.45, 7) is 2.17. The van der Waals surface area contributed by atoms with Gasteiger partial charge in [0.25, 0.3) is 0 Å². The van der Waals surface area contributed by atoms with Crippen molar-refractivity contribution in [1.29, 1.82) is 0 Å².